The molecule has 0 bridgehead atoms. The second-order valence-corrected chi connectivity index (χ2v) is 7.38. The molecule has 1 atom stereocenters. The van der Waals surface area contributed by atoms with Crippen molar-refractivity contribution in [3.05, 3.63) is 54.3 Å². The van der Waals surface area contributed by atoms with Gasteiger partial charge in [0, 0.05) is 18.0 Å². The predicted octanol–water partition coefficient (Wildman–Crippen LogP) is 4.08. The van der Waals surface area contributed by atoms with E-state index in [-0.39, 0.29) is 22.1 Å². The van der Waals surface area contributed by atoms with Gasteiger partial charge in [0.05, 0.1) is 14.6 Å². The summed E-state index contributed by atoms with van der Waals surface area (Å²) in [7, 11) is -3.10. The highest BCUT2D eigenvalue weighted by molar-refractivity contribution is 7.93. The van der Waals surface area contributed by atoms with Gasteiger partial charge >= 0.3 is 12.1 Å². The van der Waals surface area contributed by atoms with Crippen LogP contribution in [-0.2, 0) is 15.9 Å². The van der Waals surface area contributed by atoms with Crippen LogP contribution < -0.4 is 0 Å². The zero-order chi connectivity index (χ0) is 18.9. The Hall–Kier alpha value is -2.82. The first-order valence-electron chi connectivity index (χ1n) is 7.01. The van der Waals surface area contributed by atoms with E-state index in [0.717, 1.165) is 6.20 Å². The Bertz CT molecular complexity index is 1050. The smallest absolute Gasteiger partial charge is 0.329 e. The topological polar surface area (TPSA) is 81.2 Å². The molecule has 136 valence electrons. The minimum atomic E-state index is -4.75. The van der Waals surface area contributed by atoms with Gasteiger partial charge in [0.15, 0.2) is 5.82 Å². The maximum absolute atomic E-state index is 13.8. The van der Waals surface area contributed by atoms with Crippen molar-refractivity contribution >= 4 is 15.5 Å². The zero-order valence-corrected chi connectivity index (χ0v) is 13.9. The van der Waals surface area contributed by atoms with Crippen LogP contribution in [0.3, 0.4) is 0 Å². The van der Waals surface area contributed by atoms with Gasteiger partial charge in [0.2, 0.25) is 5.82 Å². The van der Waals surface area contributed by atoms with Crippen LogP contribution in [0.2, 0.25) is 0 Å². The molecule has 0 radical (unpaired) electrons. The van der Waals surface area contributed by atoms with Gasteiger partial charge in [-0.1, -0.05) is 17.3 Å². The Morgan fingerprint density at radius 2 is 1.88 bits per heavy atom. The number of hydrogen-bond acceptors (Lipinski definition) is 6. The van der Waals surface area contributed by atoms with Crippen LogP contribution in [0.15, 0.2) is 56.4 Å². The van der Waals surface area contributed by atoms with E-state index in [1.165, 1.54) is 42.7 Å². The highest BCUT2D eigenvalue weighted by atomic mass is 32.2. The summed E-state index contributed by atoms with van der Waals surface area (Å²) in [5.74, 6) is -2.42. The summed E-state index contributed by atoms with van der Waals surface area (Å²) >= 11 is 0. The monoisotopic (exact) mass is 386 g/mol. The van der Waals surface area contributed by atoms with Crippen molar-refractivity contribution in [2.24, 2.45) is 4.36 Å². The first kappa shape index (κ1) is 18.0. The molecular weight excluding hydrogens is 376 g/mol. The molecule has 0 fully saturated rings. The van der Waals surface area contributed by atoms with Gasteiger partial charge in [-0.05, 0) is 24.3 Å². The molecular formula is C15H10F4N4O2S. The van der Waals surface area contributed by atoms with Crippen LogP contribution in [0.4, 0.5) is 23.4 Å². The van der Waals surface area contributed by atoms with Crippen LogP contribution in [0.25, 0.3) is 11.4 Å². The van der Waals surface area contributed by atoms with E-state index in [1.54, 1.807) is 0 Å². The Kier molecular flexibility index (Phi) is 4.48. The second kappa shape index (κ2) is 6.48. The van der Waals surface area contributed by atoms with Crippen molar-refractivity contribution in [2.45, 2.75) is 11.1 Å². The Morgan fingerprint density at radius 1 is 1.15 bits per heavy atom. The summed E-state index contributed by atoms with van der Waals surface area (Å²) in [6, 6.07) is 8.16. The maximum atomic E-state index is 13.8. The van der Waals surface area contributed by atoms with Gasteiger partial charge < -0.3 is 4.52 Å². The molecule has 0 spiro atoms. The minimum absolute atomic E-state index is 0.0176. The number of nitrogens with zero attached hydrogens (tertiary/aromatic N) is 4. The Balaban J connectivity index is 1.92. The first-order chi connectivity index (χ1) is 12.2. The van der Waals surface area contributed by atoms with E-state index in [0.29, 0.717) is 0 Å². The van der Waals surface area contributed by atoms with Gasteiger partial charge in [-0.25, -0.2) is 13.6 Å². The fraction of sp³-hybridized carbons (Fsp3) is 0.133. The summed E-state index contributed by atoms with van der Waals surface area (Å²) in [4.78, 5) is 7.06. The molecule has 0 aliphatic carbocycles. The summed E-state index contributed by atoms with van der Waals surface area (Å²) in [5, 5.41) is 3.23. The summed E-state index contributed by atoms with van der Waals surface area (Å²) in [5.41, 5.74) is 0.150. The van der Waals surface area contributed by atoms with Crippen LogP contribution in [0.1, 0.15) is 5.89 Å². The average molecular weight is 386 g/mol. The van der Waals surface area contributed by atoms with Crippen molar-refractivity contribution in [1.82, 2.24) is 15.1 Å². The average Bonchev–Trinajstić information content (AvgIpc) is 3.06. The molecule has 3 aromatic rings. The number of halogens is 4. The lowest BCUT2D eigenvalue weighted by Gasteiger charge is -2.05. The van der Waals surface area contributed by atoms with E-state index < -0.39 is 27.6 Å². The van der Waals surface area contributed by atoms with Gasteiger partial charge in [0.25, 0.3) is 0 Å². The first-order valence-corrected chi connectivity index (χ1v) is 8.93. The largest absolute Gasteiger partial charge is 0.471 e. The standard InChI is InChI=1S/C15H10F4N4O2S/c1-26(24,11-5-3-2-4-10(11)16)23-12-7-6-9(8-20-12)13-21-14(25-22-13)15(17,18)19/h2-8H,1H3. The maximum Gasteiger partial charge on any atom is 0.471 e. The summed E-state index contributed by atoms with van der Waals surface area (Å²) in [6.07, 6.45) is -2.34. The molecule has 0 N–H and O–H groups in total. The molecule has 11 heteroatoms. The normalized spacial score (nSPS) is 14.0. The van der Waals surface area contributed by atoms with Crippen molar-refractivity contribution in [2.75, 3.05) is 6.26 Å². The molecule has 1 aromatic carbocycles. The molecule has 0 aliphatic rings. The van der Waals surface area contributed by atoms with E-state index in [4.69, 9.17) is 0 Å². The summed E-state index contributed by atoms with van der Waals surface area (Å²) in [6.45, 7) is 0. The highest BCUT2D eigenvalue weighted by Crippen LogP contribution is 2.29. The van der Waals surface area contributed by atoms with Crippen LogP contribution in [0.5, 0.6) is 0 Å². The predicted molar refractivity (Wildman–Crippen MR) is 83.4 cm³/mol. The molecule has 1 unspecified atom stereocenters. The third-order valence-electron chi connectivity index (χ3n) is 3.19. The fourth-order valence-corrected chi connectivity index (χ4v) is 3.33. The number of benzene rings is 1. The van der Waals surface area contributed by atoms with E-state index in [1.807, 2.05) is 0 Å². The van der Waals surface area contributed by atoms with Crippen LogP contribution >= 0.6 is 0 Å². The van der Waals surface area contributed by atoms with Crippen molar-refractivity contribution in [1.29, 1.82) is 0 Å². The molecule has 6 nitrogen and oxygen atoms in total. The molecule has 0 saturated heterocycles. The number of hydrogen-bond donors (Lipinski definition) is 0. The van der Waals surface area contributed by atoms with E-state index >= 15 is 0 Å². The van der Waals surface area contributed by atoms with Gasteiger partial charge in [-0.3, -0.25) is 0 Å². The lowest BCUT2D eigenvalue weighted by atomic mass is 10.3. The molecule has 0 aliphatic heterocycles. The van der Waals surface area contributed by atoms with Crippen molar-refractivity contribution in [3.8, 4) is 11.4 Å². The third-order valence-corrected chi connectivity index (χ3v) is 4.87. The second-order valence-electron chi connectivity index (χ2n) is 5.15. The molecule has 2 aromatic heterocycles. The van der Waals surface area contributed by atoms with Crippen molar-refractivity contribution in [3.63, 3.8) is 0 Å². The van der Waals surface area contributed by atoms with E-state index in [2.05, 4.69) is 24.0 Å². The number of aromatic nitrogens is 3. The molecule has 3 rings (SSSR count). The van der Waals surface area contributed by atoms with Gasteiger partial charge in [-0.2, -0.15) is 22.5 Å². The van der Waals surface area contributed by atoms with E-state index in [9.17, 15) is 21.8 Å². The zero-order valence-electron chi connectivity index (χ0n) is 13.1. The van der Waals surface area contributed by atoms with Crippen molar-refractivity contribution < 1.29 is 26.3 Å². The third kappa shape index (κ3) is 3.72. The molecule has 2 heterocycles. The SMILES string of the molecule is CS(=O)(=Nc1ccc(-c2noc(C(F)(F)F)n2)cn1)c1ccccc1F. The fourth-order valence-electron chi connectivity index (χ4n) is 2.01. The highest BCUT2D eigenvalue weighted by Gasteiger charge is 2.38. The molecule has 0 amide bonds. The van der Waals surface area contributed by atoms with Gasteiger partial charge in [-0.15, -0.1) is 0 Å². The molecule has 26 heavy (non-hydrogen) atoms. The number of pyridine rings is 1. The minimum Gasteiger partial charge on any atom is -0.329 e. The number of rotatable bonds is 3. The van der Waals surface area contributed by atoms with Gasteiger partial charge in [0.1, 0.15) is 5.82 Å². The van der Waals surface area contributed by atoms with Crippen LogP contribution in [-0.4, -0.2) is 25.6 Å². The quantitative estimate of drug-likeness (QED) is 0.634. The van der Waals surface area contributed by atoms with Crippen LogP contribution in [0, 0.1) is 5.82 Å². The Labute approximate surface area is 145 Å². The lowest BCUT2D eigenvalue weighted by molar-refractivity contribution is -0.159. The lowest BCUT2D eigenvalue weighted by Crippen LogP contribution is -2.04. The number of alkyl halides is 3. The molecule has 0 saturated carbocycles. The summed E-state index contributed by atoms with van der Waals surface area (Å²) < 4.78 is 71.9. The Morgan fingerprint density at radius 3 is 2.46 bits per heavy atom.